The lowest BCUT2D eigenvalue weighted by molar-refractivity contribution is -0.115. The van der Waals surface area contributed by atoms with E-state index >= 15 is 0 Å². The van der Waals surface area contributed by atoms with Gasteiger partial charge in [-0.25, -0.2) is 0 Å². The maximum absolute atomic E-state index is 11.8. The fourth-order valence-corrected chi connectivity index (χ4v) is 3.16. The number of pyridine rings is 1. The van der Waals surface area contributed by atoms with Crippen LogP contribution in [0, 0.1) is 0 Å². The SMILES string of the molecule is CCC(=O)Nc1cc2ccccc2nc1C1CCCCC1. The zero-order valence-electron chi connectivity index (χ0n) is 12.6. The smallest absolute Gasteiger partial charge is 0.224 e. The number of hydrogen-bond donors (Lipinski definition) is 1. The quantitative estimate of drug-likeness (QED) is 0.891. The summed E-state index contributed by atoms with van der Waals surface area (Å²) in [6.45, 7) is 1.88. The normalized spacial score (nSPS) is 16.0. The van der Waals surface area contributed by atoms with Crippen molar-refractivity contribution in [1.82, 2.24) is 4.98 Å². The topological polar surface area (TPSA) is 42.0 Å². The summed E-state index contributed by atoms with van der Waals surface area (Å²) in [6, 6.07) is 10.2. The molecule has 1 heterocycles. The molecule has 110 valence electrons. The number of benzene rings is 1. The molecule has 1 aliphatic carbocycles. The van der Waals surface area contributed by atoms with Gasteiger partial charge in [-0.1, -0.05) is 44.4 Å². The second-order valence-corrected chi connectivity index (χ2v) is 5.85. The van der Waals surface area contributed by atoms with Crippen LogP contribution in [0.25, 0.3) is 10.9 Å². The first-order valence-electron chi connectivity index (χ1n) is 7.97. The van der Waals surface area contributed by atoms with E-state index in [2.05, 4.69) is 17.4 Å². The summed E-state index contributed by atoms with van der Waals surface area (Å²) < 4.78 is 0. The first-order valence-corrected chi connectivity index (χ1v) is 7.97. The summed E-state index contributed by atoms with van der Waals surface area (Å²) in [5.41, 5.74) is 3.01. The Morgan fingerprint density at radius 2 is 2.00 bits per heavy atom. The lowest BCUT2D eigenvalue weighted by atomic mass is 9.85. The van der Waals surface area contributed by atoms with Gasteiger partial charge >= 0.3 is 0 Å². The average Bonchev–Trinajstić information content (AvgIpc) is 2.55. The second kappa shape index (κ2) is 6.25. The van der Waals surface area contributed by atoms with Crippen molar-refractivity contribution < 1.29 is 4.79 Å². The summed E-state index contributed by atoms with van der Waals surface area (Å²) in [7, 11) is 0. The van der Waals surface area contributed by atoms with Crippen LogP contribution in [0.2, 0.25) is 0 Å². The molecule has 1 amide bonds. The maximum Gasteiger partial charge on any atom is 0.224 e. The Labute approximate surface area is 125 Å². The van der Waals surface area contributed by atoms with Crippen LogP contribution < -0.4 is 5.32 Å². The Hall–Kier alpha value is -1.90. The lowest BCUT2D eigenvalue weighted by Gasteiger charge is -2.24. The van der Waals surface area contributed by atoms with E-state index in [1.54, 1.807) is 0 Å². The maximum atomic E-state index is 11.8. The van der Waals surface area contributed by atoms with Gasteiger partial charge in [-0.3, -0.25) is 9.78 Å². The Morgan fingerprint density at radius 1 is 1.24 bits per heavy atom. The van der Waals surface area contributed by atoms with E-state index in [4.69, 9.17) is 4.98 Å². The number of carbonyl (C=O) groups is 1. The van der Waals surface area contributed by atoms with Crippen LogP contribution in [0.4, 0.5) is 5.69 Å². The molecule has 0 atom stereocenters. The van der Waals surface area contributed by atoms with Gasteiger partial charge in [0, 0.05) is 17.7 Å². The van der Waals surface area contributed by atoms with Gasteiger partial charge in [-0.15, -0.1) is 0 Å². The van der Waals surface area contributed by atoms with Crippen LogP contribution in [0.3, 0.4) is 0 Å². The molecule has 3 heteroatoms. The monoisotopic (exact) mass is 282 g/mol. The van der Waals surface area contributed by atoms with E-state index in [0.29, 0.717) is 12.3 Å². The molecule has 2 aromatic rings. The van der Waals surface area contributed by atoms with E-state index < -0.39 is 0 Å². The number of rotatable bonds is 3. The Bertz CT molecular complexity index is 645. The van der Waals surface area contributed by atoms with E-state index in [1.807, 2.05) is 25.1 Å². The van der Waals surface area contributed by atoms with Crippen molar-refractivity contribution in [3.05, 3.63) is 36.0 Å². The highest BCUT2D eigenvalue weighted by atomic mass is 16.1. The van der Waals surface area contributed by atoms with Crippen LogP contribution in [0.5, 0.6) is 0 Å². The van der Waals surface area contributed by atoms with Gasteiger partial charge in [-0.2, -0.15) is 0 Å². The summed E-state index contributed by atoms with van der Waals surface area (Å²) in [5, 5.41) is 4.13. The Morgan fingerprint density at radius 3 is 2.76 bits per heavy atom. The highest BCUT2D eigenvalue weighted by molar-refractivity contribution is 5.94. The molecule has 1 N–H and O–H groups in total. The van der Waals surface area contributed by atoms with Gasteiger partial charge in [0.2, 0.25) is 5.91 Å². The number of nitrogens with one attached hydrogen (secondary N) is 1. The van der Waals surface area contributed by atoms with Gasteiger partial charge in [0.15, 0.2) is 0 Å². The van der Waals surface area contributed by atoms with Gasteiger partial charge in [0.1, 0.15) is 0 Å². The number of nitrogens with zero attached hydrogens (tertiary/aromatic N) is 1. The number of hydrogen-bond acceptors (Lipinski definition) is 2. The molecule has 3 rings (SSSR count). The number of amides is 1. The number of para-hydroxylation sites is 1. The van der Waals surface area contributed by atoms with Gasteiger partial charge in [0.25, 0.3) is 0 Å². The molecule has 0 spiro atoms. The molecule has 1 saturated carbocycles. The first-order chi connectivity index (χ1) is 10.3. The van der Waals surface area contributed by atoms with Gasteiger partial charge in [-0.05, 0) is 25.0 Å². The standard InChI is InChI=1S/C18H22N2O/c1-2-17(21)19-16-12-14-10-6-7-11-15(14)20-18(16)13-8-4-3-5-9-13/h6-7,10-13H,2-5,8-9H2,1H3,(H,19,21). The van der Waals surface area contributed by atoms with Crippen molar-refractivity contribution in [3.63, 3.8) is 0 Å². The minimum atomic E-state index is 0.0594. The summed E-state index contributed by atoms with van der Waals surface area (Å²) >= 11 is 0. The molecule has 1 fully saturated rings. The van der Waals surface area contributed by atoms with E-state index in [0.717, 1.165) is 22.3 Å². The zero-order valence-corrected chi connectivity index (χ0v) is 12.6. The predicted octanol–water partition coefficient (Wildman–Crippen LogP) is 4.63. The van der Waals surface area contributed by atoms with E-state index in [9.17, 15) is 4.79 Å². The van der Waals surface area contributed by atoms with Crippen molar-refractivity contribution in [2.75, 3.05) is 5.32 Å². The first kappa shape index (κ1) is 14.1. The summed E-state index contributed by atoms with van der Waals surface area (Å²) in [5.74, 6) is 0.541. The van der Waals surface area contributed by atoms with Crippen molar-refractivity contribution in [3.8, 4) is 0 Å². The molecule has 1 aliphatic rings. The van der Waals surface area contributed by atoms with Crippen molar-refractivity contribution in [1.29, 1.82) is 0 Å². The van der Waals surface area contributed by atoms with Gasteiger partial charge < -0.3 is 5.32 Å². The van der Waals surface area contributed by atoms with Gasteiger partial charge in [0.05, 0.1) is 16.9 Å². The molecule has 0 unspecified atom stereocenters. The molecule has 0 saturated heterocycles. The minimum absolute atomic E-state index is 0.0594. The number of carbonyl (C=O) groups excluding carboxylic acids is 1. The minimum Gasteiger partial charge on any atom is -0.324 e. The number of fused-ring (bicyclic) bond motifs is 1. The third kappa shape index (κ3) is 3.07. The predicted molar refractivity (Wildman–Crippen MR) is 86.5 cm³/mol. The molecule has 0 bridgehead atoms. The van der Waals surface area contributed by atoms with Crippen LogP contribution >= 0.6 is 0 Å². The van der Waals surface area contributed by atoms with Crippen molar-refractivity contribution in [2.24, 2.45) is 0 Å². The number of aromatic nitrogens is 1. The van der Waals surface area contributed by atoms with E-state index in [-0.39, 0.29) is 5.91 Å². The Kier molecular flexibility index (Phi) is 4.18. The molecule has 1 aromatic carbocycles. The van der Waals surface area contributed by atoms with Crippen molar-refractivity contribution in [2.45, 2.75) is 51.4 Å². The summed E-state index contributed by atoms with van der Waals surface area (Å²) in [6.07, 6.45) is 6.71. The fraction of sp³-hybridized carbons (Fsp3) is 0.444. The molecule has 1 aromatic heterocycles. The van der Waals surface area contributed by atoms with Crippen LogP contribution in [0.15, 0.2) is 30.3 Å². The highest BCUT2D eigenvalue weighted by Gasteiger charge is 2.21. The largest absolute Gasteiger partial charge is 0.324 e. The van der Waals surface area contributed by atoms with Crippen LogP contribution in [0.1, 0.15) is 57.1 Å². The molecule has 21 heavy (non-hydrogen) atoms. The molecular weight excluding hydrogens is 260 g/mol. The molecule has 3 nitrogen and oxygen atoms in total. The Balaban J connectivity index is 2.04. The van der Waals surface area contributed by atoms with E-state index in [1.165, 1.54) is 32.1 Å². The van der Waals surface area contributed by atoms with Crippen LogP contribution in [-0.2, 0) is 4.79 Å². The average molecular weight is 282 g/mol. The highest BCUT2D eigenvalue weighted by Crippen LogP contribution is 2.36. The third-order valence-corrected chi connectivity index (χ3v) is 4.34. The summed E-state index contributed by atoms with van der Waals surface area (Å²) in [4.78, 5) is 16.7. The number of anilines is 1. The second-order valence-electron chi connectivity index (χ2n) is 5.85. The molecular formula is C18H22N2O. The molecule has 0 radical (unpaired) electrons. The van der Waals surface area contributed by atoms with Crippen molar-refractivity contribution >= 4 is 22.5 Å². The lowest BCUT2D eigenvalue weighted by Crippen LogP contribution is -2.15. The van der Waals surface area contributed by atoms with Crippen LogP contribution in [-0.4, -0.2) is 10.9 Å². The third-order valence-electron chi connectivity index (χ3n) is 4.34. The zero-order chi connectivity index (χ0) is 14.7. The molecule has 0 aliphatic heterocycles. The fourth-order valence-electron chi connectivity index (χ4n) is 3.16.